The minimum absolute atomic E-state index is 0.0102. The average Bonchev–Trinajstić information content (AvgIpc) is 3.24. The van der Waals surface area contributed by atoms with Gasteiger partial charge >= 0.3 is 0 Å². The van der Waals surface area contributed by atoms with Crippen molar-refractivity contribution in [1.82, 2.24) is 19.5 Å². The zero-order valence-electron chi connectivity index (χ0n) is 15.0. The number of aromatic nitrogens is 3. The van der Waals surface area contributed by atoms with Gasteiger partial charge in [-0.05, 0) is 30.2 Å². The van der Waals surface area contributed by atoms with Crippen molar-refractivity contribution in [3.05, 3.63) is 64.6 Å². The number of nitrogens with zero attached hydrogens (tertiary/aromatic N) is 5. The van der Waals surface area contributed by atoms with Gasteiger partial charge in [0.25, 0.3) is 0 Å². The summed E-state index contributed by atoms with van der Waals surface area (Å²) in [7, 11) is 0. The van der Waals surface area contributed by atoms with Crippen LogP contribution in [0.15, 0.2) is 30.6 Å². The van der Waals surface area contributed by atoms with Gasteiger partial charge in [0, 0.05) is 24.7 Å². The third-order valence-corrected chi connectivity index (χ3v) is 4.94. The number of carbonyl (C=O) groups is 1. The number of hydrogen-bond acceptors (Lipinski definition) is 5. The molecule has 0 unspecified atom stereocenters. The van der Waals surface area contributed by atoms with Gasteiger partial charge in [0.2, 0.25) is 5.91 Å². The third kappa shape index (κ3) is 3.52. The van der Waals surface area contributed by atoms with Gasteiger partial charge in [-0.3, -0.25) is 9.69 Å². The van der Waals surface area contributed by atoms with E-state index in [1.165, 1.54) is 18.3 Å². The highest BCUT2D eigenvalue weighted by atomic mass is 19.1. The van der Waals surface area contributed by atoms with E-state index in [1.807, 2.05) is 6.07 Å². The number of rotatable bonds is 4. The van der Waals surface area contributed by atoms with Crippen LogP contribution in [0.4, 0.5) is 13.2 Å². The molecule has 29 heavy (non-hydrogen) atoms. The zero-order chi connectivity index (χ0) is 20.7. The normalized spacial score (nSPS) is 19.5. The van der Waals surface area contributed by atoms with Gasteiger partial charge in [-0.2, -0.15) is 10.4 Å². The SMILES string of the molecule is N#Cc1cnn2cc(F)c(CN3C[C@@H](F)C[C@@H]3c3cc(F)cc(C(N)=O)c3)nc12. The highest BCUT2D eigenvalue weighted by Crippen LogP contribution is 2.35. The molecule has 2 N–H and O–H groups in total. The molecule has 0 spiro atoms. The van der Waals surface area contributed by atoms with Crippen LogP contribution < -0.4 is 5.73 Å². The predicted octanol–water partition coefficient (Wildman–Crippen LogP) is 2.26. The summed E-state index contributed by atoms with van der Waals surface area (Å²) in [5, 5.41) is 13.0. The van der Waals surface area contributed by atoms with Crippen molar-refractivity contribution >= 4 is 11.6 Å². The fraction of sp³-hybridized carbons (Fsp3) is 0.263. The molecule has 2 aromatic heterocycles. The van der Waals surface area contributed by atoms with Crippen molar-refractivity contribution in [2.45, 2.75) is 25.2 Å². The highest BCUT2D eigenvalue weighted by Gasteiger charge is 2.34. The van der Waals surface area contributed by atoms with E-state index in [0.717, 1.165) is 16.8 Å². The fourth-order valence-electron chi connectivity index (χ4n) is 3.62. The van der Waals surface area contributed by atoms with Crippen LogP contribution in [0.25, 0.3) is 5.65 Å². The van der Waals surface area contributed by atoms with Gasteiger partial charge in [-0.1, -0.05) is 0 Å². The molecule has 1 fully saturated rings. The zero-order valence-corrected chi connectivity index (χ0v) is 15.0. The number of nitrogens with two attached hydrogens (primary N) is 1. The molecule has 1 saturated heterocycles. The van der Waals surface area contributed by atoms with Crippen LogP contribution in [-0.2, 0) is 6.54 Å². The minimum Gasteiger partial charge on any atom is -0.366 e. The van der Waals surface area contributed by atoms with E-state index in [2.05, 4.69) is 10.1 Å². The number of amides is 1. The Morgan fingerprint density at radius 1 is 1.34 bits per heavy atom. The Morgan fingerprint density at radius 3 is 2.86 bits per heavy atom. The van der Waals surface area contributed by atoms with Gasteiger partial charge in [0.05, 0.1) is 18.1 Å². The second-order valence-electron chi connectivity index (χ2n) is 6.89. The Balaban J connectivity index is 1.69. The molecule has 1 amide bonds. The summed E-state index contributed by atoms with van der Waals surface area (Å²) < 4.78 is 43.8. The Kier molecular flexibility index (Phi) is 4.68. The molecular formula is C19H15F3N6O. The minimum atomic E-state index is -1.21. The van der Waals surface area contributed by atoms with Crippen LogP contribution >= 0.6 is 0 Å². The van der Waals surface area contributed by atoms with Gasteiger partial charge in [-0.25, -0.2) is 22.7 Å². The molecule has 0 bridgehead atoms. The molecule has 1 aromatic carbocycles. The summed E-state index contributed by atoms with van der Waals surface area (Å²) in [5.41, 5.74) is 5.98. The Morgan fingerprint density at radius 2 is 2.14 bits per heavy atom. The van der Waals surface area contributed by atoms with Gasteiger partial charge in [0.15, 0.2) is 11.5 Å². The van der Waals surface area contributed by atoms with Crippen molar-refractivity contribution in [3.8, 4) is 6.07 Å². The molecule has 0 radical (unpaired) electrons. The third-order valence-electron chi connectivity index (χ3n) is 4.94. The number of carbonyl (C=O) groups excluding carboxylic acids is 1. The van der Waals surface area contributed by atoms with Crippen LogP contribution in [0.3, 0.4) is 0 Å². The standard InChI is InChI=1S/C19H15F3N6O/c20-13-2-10(1-11(3-13)18(24)29)17-4-14(21)7-27(17)9-16-15(22)8-28-19(26-16)12(5-23)6-25-28/h1-3,6,8,14,17H,4,7,9H2,(H2,24,29)/t14-,17+/m0/s1. The molecule has 2 atom stereocenters. The number of primary amides is 1. The van der Waals surface area contributed by atoms with Crippen LogP contribution in [-0.4, -0.2) is 38.1 Å². The van der Waals surface area contributed by atoms with E-state index in [0.29, 0.717) is 5.56 Å². The number of alkyl halides is 1. The average molecular weight is 400 g/mol. The van der Waals surface area contributed by atoms with E-state index in [9.17, 15) is 18.0 Å². The second kappa shape index (κ2) is 7.18. The topological polar surface area (TPSA) is 100 Å². The molecule has 148 valence electrons. The molecule has 1 aliphatic heterocycles. The van der Waals surface area contributed by atoms with Crippen molar-refractivity contribution < 1.29 is 18.0 Å². The Bertz CT molecular complexity index is 1150. The number of halogens is 3. The van der Waals surface area contributed by atoms with Crippen molar-refractivity contribution in [3.63, 3.8) is 0 Å². The van der Waals surface area contributed by atoms with Crippen LogP contribution in [0.2, 0.25) is 0 Å². The lowest BCUT2D eigenvalue weighted by atomic mass is 10.0. The highest BCUT2D eigenvalue weighted by molar-refractivity contribution is 5.93. The van der Waals surface area contributed by atoms with Gasteiger partial charge in [0.1, 0.15) is 23.6 Å². The second-order valence-corrected chi connectivity index (χ2v) is 6.89. The fourth-order valence-corrected chi connectivity index (χ4v) is 3.62. The van der Waals surface area contributed by atoms with E-state index in [1.54, 1.807) is 4.90 Å². The summed E-state index contributed by atoms with van der Waals surface area (Å²) in [6.07, 6.45) is 1.22. The summed E-state index contributed by atoms with van der Waals surface area (Å²) in [6, 6.07) is 4.98. The summed E-state index contributed by atoms with van der Waals surface area (Å²) >= 11 is 0. The molecule has 4 rings (SSSR count). The maximum Gasteiger partial charge on any atom is 0.248 e. The van der Waals surface area contributed by atoms with E-state index < -0.39 is 29.8 Å². The predicted molar refractivity (Wildman–Crippen MR) is 95.2 cm³/mol. The first-order valence-corrected chi connectivity index (χ1v) is 8.77. The molecule has 3 heterocycles. The molecule has 0 saturated carbocycles. The van der Waals surface area contributed by atoms with Crippen LogP contribution in [0, 0.1) is 23.0 Å². The van der Waals surface area contributed by atoms with Crippen LogP contribution in [0.1, 0.15) is 39.6 Å². The van der Waals surface area contributed by atoms with Crippen LogP contribution in [0.5, 0.6) is 0 Å². The van der Waals surface area contributed by atoms with E-state index in [-0.39, 0.29) is 42.0 Å². The maximum absolute atomic E-state index is 14.5. The number of benzene rings is 1. The smallest absolute Gasteiger partial charge is 0.248 e. The summed E-state index contributed by atoms with van der Waals surface area (Å²) in [6.45, 7) is -0.0738. The monoisotopic (exact) mass is 400 g/mol. The van der Waals surface area contributed by atoms with Gasteiger partial charge < -0.3 is 5.73 Å². The first kappa shape index (κ1) is 18.9. The van der Waals surface area contributed by atoms with Crippen molar-refractivity contribution in [1.29, 1.82) is 5.26 Å². The molecule has 0 aliphatic carbocycles. The largest absolute Gasteiger partial charge is 0.366 e. The van der Waals surface area contributed by atoms with Crippen molar-refractivity contribution in [2.24, 2.45) is 5.73 Å². The Hall–Kier alpha value is -3.45. The Labute approximate surface area is 163 Å². The molecular weight excluding hydrogens is 385 g/mol. The lowest BCUT2D eigenvalue weighted by molar-refractivity contribution is 0.0999. The lowest BCUT2D eigenvalue weighted by Gasteiger charge is -2.24. The lowest BCUT2D eigenvalue weighted by Crippen LogP contribution is -2.25. The molecule has 3 aromatic rings. The quantitative estimate of drug-likeness (QED) is 0.724. The maximum atomic E-state index is 14.5. The first-order valence-electron chi connectivity index (χ1n) is 8.77. The molecule has 1 aliphatic rings. The first-order chi connectivity index (χ1) is 13.9. The number of likely N-dealkylation sites (tertiary alicyclic amines) is 1. The van der Waals surface area contributed by atoms with E-state index in [4.69, 9.17) is 11.0 Å². The van der Waals surface area contributed by atoms with Gasteiger partial charge in [-0.15, -0.1) is 0 Å². The summed E-state index contributed by atoms with van der Waals surface area (Å²) in [5.74, 6) is -2.12. The van der Waals surface area contributed by atoms with Crippen molar-refractivity contribution in [2.75, 3.05) is 6.54 Å². The number of hydrogen-bond donors (Lipinski definition) is 1. The summed E-state index contributed by atoms with van der Waals surface area (Å²) in [4.78, 5) is 17.2. The van der Waals surface area contributed by atoms with E-state index >= 15 is 0 Å². The molecule has 7 nitrogen and oxygen atoms in total. The number of nitriles is 1. The number of fused-ring (bicyclic) bond motifs is 1. The molecule has 10 heteroatoms.